The van der Waals surface area contributed by atoms with E-state index in [2.05, 4.69) is 17.2 Å². The molecule has 1 N–H and O–H groups in total. The normalized spacial score (nSPS) is 17.1. The summed E-state index contributed by atoms with van der Waals surface area (Å²) >= 11 is 1.84. The molecule has 0 bridgehead atoms. The molecule has 1 aromatic heterocycles. The van der Waals surface area contributed by atoms with E-state index in [1.807, 2.05) is 17.5 Å². The number of nitrogens with one attached hydrogen (secondary N) is 1. The van der Waals surface area contributed by atoms with E-state index in [1.54, 1.807) is 0 Å². The first-order valence-electron chi connectivity index (χ1n) is 6.52. The molecule has 0 atom stereocenters. The molecule has 0 amide bonds. The van der Waals surface area contributed by atoms with Gasteiger partial charge in [0.25, 0.3) is 0 Å². The van der Waals surface area contributed by atoms with Gasteiger partial charge in [0.15, 0.2) is 0 Å². The molecule has 0 saturated heterocycles. The molecule has 1 aromatic rings. The monoisotopic (exact) mass is 238 g/mol. The smallest absolute Gasteiger partial charge is 0.0925 e. The minimum atomic E-state index is 1.00. The van der Waals surface area contributed by atoms with Crippen LogP contribution < -0.4 is 5.32 Å². The number of nitrogens with zero attached hydrogens (tertiary/aromatic N) is 1. The maximum absolute atomic E-state index is 4.37. The van der Waals surface area contributed by atoms with Crippen molar-refractivity contribution in [1.82, 2.24) is 10.3 Å². The molecule has 0 radical (unpaired) electrons. The van der Waals surface area contributed by atoms with Gasteiger partial charge >= 0.3 is 0 Å². The second kappa shape index (κ2) is 6.36. The predicted octanol–water partition coefficient (Wildman–Crippen LogP) is 3.38. The van der Waals surface area contributed by atoms with Gasteiger partial charge < -0.3 is 5.32 Å². The highest BCUT2D eigenvalue weighted by Gasteiger charge is 2.13. The van der Waals surface area contributed by atoms with Crippen LogP contribution in [0.15, 0.2) is 6.20 Å². The Labute approximate surface area is 102 Å². The number of hydrogen-bond acceptors (Lipinski definition) is 3. The van der Waals surface area contributed by atoms with Gasteiger partial charge in [-0.1, -0.05) is 32.6 Å². The van der Waals surface area contributed by atoms with Crippen molar-refractivity contribution in [3.8, 4) is 0 Å². The van der Waals surface area contributed by atoms with Gasteiger partial charge in [-0.3, -0.25) is 0 Å². The fourth-order valence-electron chi connectivity index (χ4n) is 2.41. The van der Waals surface area contributed by atoms with Crippen molar-refractivity contribution in [1.29, 1.82) is 0 Å². The Hall–Kier alpha value is -0.410. The standard InChI is InChI=1S/C13H22N2S/c1-2-13-15-10-12(16-13)9-14-8-7-11-5-3-4-6-11/h10-11,14H,2-9H2,1H3. The van der Waals surface area contributed by atoms with Gasteiger partial charge in [-0.25, -0.2) is 4.98 Å². The quantitative estimate of drug-likeness (QED) is 0.769. The van der Waals surface area contributed by atoms with Crippen LogP contribution in [0.1, 0.15) is 48.9 Å². The van der Waals surface area contributed by atoms with Crippen LogP contribution in [0.25, 0.3) is 0 Å². The molecule has 0 aromatic carbocycles. The van der Waals surface area contributed by atoms with Crippen molar-refractivity contribution in [2.24, 2.45) is 5.92 Å². The van der Waals surface area contributed by atoms with Crippen molar-refractivity contribution in [2.75, 3.05) is 6.54 Å². The van der Waals surface area contributed by atoms with Gasteiger partial charge in [-0.15, -0.1) is 11.3 Å². The van der Waals surface area contributed by atoms with E-state index >= 15 is 0 Å². The highest BCUT2D eigenvalue weighted by Crippen LogP contribution is 2.26. The molecule has 3 heteroatoms. The highest BCUT2D eigenvalue weighted by molar-refractivity contribution is 7.11. The summed E-state index contributed by atoms with van der Waals surface area (Å²) in [5, 5.41) is 4.79. The average Bonchev–Trinajstić information content (AvgIpc) is 2.95. The van der Waals surface area contributed by atoms with E-state index in [1.165, 1.54) is 48.5 Å². The number of aromatic nitrogens is 1. The van der Waals surface area contributed by atoms with Crippen LogP contribution in [0.2, 0.25) is 0 Å². The zero-order valence-electron chi connectivity index (χ0n) is 10.2. The van der Waals surface area contributed by atoms with E-state index in [-0.39, 0.29) is 0 Å². The van der Waals surface area contributed by atoms with Gasteiger partial charge in [-0.2, -0.15) is 0 Å². The van der Waals surface area contributed by atoms with Crippen LogP contribution in [-0.2, 0) is 13.0 Å². The number of rotatable bonds is 6. The summed E-state index contributed by atoms with van der Waals surface area (Å²) in [6, 6.07) is 0. The Morgan fingerprint density at radius 3 is 2.94 bits per heavy atom. The molecular formula is C13H22N2S. The Morgan fingerprint density at radius 2 is 2.25 bits per heavy atom. The Kier molecular flexibility index (Phi) is 4.79. The summed E-state index contributed by atoms with van der Waals surface area (Å²) in [5.74, 6) is 1.00. The number of hydrogen-bond donors (Lipinski definition) is 1. The Balaban J connectivity index is 1.60. The summed E-state index contributed by atoms with van der Waals surface area (Å²) in [4.78, 5) is 5.75. The minimum Gasteiger partial charge on any atom is -0.312 e. The lowest BCUT2D eigenvalue weighted by Crippen LogP contribution is -2.16. The second-order valence-corrected chi connectivity index (χ2v) is 5.89. The van der Waals surface area contributed by atoms with Gasteiger partial charge in [0.05, 0.1) is 5.01 Å². The maximum Gasteiger partial charge on any atom is 0.0925 e. The average molecular weight is 238 g/mol. The molecule has 2 rings (SSSR count). The summed E-state index contributed by atoms with van der Waals surface area (Å²) in [6.45, 7) is 4.34. The van der Waals surface area contributed by atoms with Crippen molar-refractivity contribution < 1.29 is 0 Å². The van der Waals surface area contributed by atoms with Gasteiger partial charge in [0, 0.05) is 17.6 Å². The summed E-state index contributed by atoms with van der Waals surface area (Å²) in [7, 11) is 0. The highest BCUT2D eigenvalue weighted by atomic mass is 32.1. The van der Waals surface area contributed by atoms with Crippen molar-refractivity contribution in [3.63, 3.8) is 0 Å². The topological polar surface area (TPSA) is 24.9 Å². The first-order chi connectivity index (χ1) is 7.88. The maximum atomic E-state index is 4.37. The van der Waals surface area contributed by atoms with E-state index in [9.17, 15) is 0 Å². The van der Waals surface area contributed by atoms with Crippen LogP contribution in [-0.4, -0.2) is 11.5 Å². The first-order valence-corrected chi connectivity index (χ1v) is 7.34. The SMILES string of the molecule is CCc1ncc(CNCCC2CCCC2)s1. The lowest BCUT2D eigenvalue weighted by molar-refractivity contribution is 0.478. The fraction of sp³-hybridized carbons (Fsp3) is 0.769. The van der Waals surface area contributed by atoms with Crippen molar-refractivity contribution in [3.05, 3.63) is 16.1 Å². The molecule has 0 aliphatic heterocycles. The largest absolute Gasteiger partial charge is 0.312 e. The molecule has 1 fully saturated rings. The third kappa shape index (κ3) is 3.56. The minimum absolute atomic E-state index is 1.00. The molecule has 0 spiro atoms. The Bertz CT molecular complexity index is 303. The third-order valence-electron chi connectivity index (χ3n) is 3.41. The van der Waals surface area contributed by atoms with E-state index in [0.29, 0.717) is 0 Å². The Morgan fingerprint density at radius 1 is 1.44 bits per heavy atom. The predicted molar refractivity (Wildman–Crippen MR) is 69.8 cm³/mol. The molecule has 1 aliphatic carbocycles. The van der Waals surface area contributed by atoms with Crippen LogP contribution in [0.3, 0.4) is 0 Å². The van der Waals surface area contributed by atoms with Gasteiger partial charge in [0.1, 0.15) is 0 Å². The lowest BCUT2D eigenvalue weighted by Gasteiger charge is -2.08. The van der Waals surface area contributed by atoms with Gasteiger partial charge in [0.2, 0.25) is 0 Å². The number of aryl methyl sites for hydroxylation is 1. The summed E-state index contributed by atoms with van der Waals surface area (Å²) < 4.78 is 0. The van der Waals surface area contributed by atoms with Crippen LogP contribution in [0, 0.1) is 5.92 Å². The third-order valence-corrected chi connectivity index (χ3v) is 4.55. The van der Waals surface area contributed by atoms with E-state index in [4.69, 9.17) is 0 Å². The van der Waals surface area contributed by atoms with Gasteiger partial charge in [-0.05, 0) is 25.3 Å². The zero-order chi connectivity index (χ0) is 11.2. The number of thiazole rings is 1. The van der Waals surface area contributed by atoms with Crippen molar-refractivity contribution >= 4 is 11.3 Å². The van der Waals surface area contributed by atoms with E-state index in [0.717, 1.165) is 18.9 Å². The molecular weight excluding hydrogens is 216 g/mol. The summed E-state index contributed by atoms with van der Waals surface area (Å²) in [6.07, 6.45) is 10.3. The molecule has 90 valence electrons. The van der Waals surface area contributed by atoms with Crippen LogP contribution in [0.4, 0.5) is 0 Å². The molecule has 1 aliphatic rings. The van der Waals surface area contributed by atoms with Crippen LogP contribution >= 0.6 is 11.3 Å². The summed E-state index contributed by atoms with van der Waals surface area (Å²) in [5.41, 5.74) is 0. The fourth-order valence-corrected chi connectivity index (χ4v) is 3.24. The zero-order valence-corrected chi connectivity index (χ0v) is 11.0. The lowest BCUT2D eigenvalue weighted by atomic mass is 10.0. The van der Waals surface area contributed by atoms with Crippen molar-refractivity contribution in [2.45, 2.75) is 52.0 Å². The molecule has 0 unspecified atom stereocenters. The molecule has 2 nitrogen and oxygen atoms in total. The molecule has 1 saturated carbocycles. The van der Waals surface area contributed by atoms with Crippen LogP contribution in [0.5, 0.6) is 0 Å². The molecule has 16 heavy (non-hydrogen) atoms. The van der Waals surface area contributed by atoms with E-state index < -0.39 is 0 Å². The first kappa shape index (κ1) is 12.1. The molecule has 1 heterocycles. The second-order valence-electron chi connectivity index (χ2n) is 4.69.